The molecule has 3 N–H and O–H groups in total. The molecule has 1 aliphatic heterocycles. The van der Waals surface area contributed by atoms with Gasteiger partial charge in [0, 0.05) is 23.5 Å². The number of hydrogen-bond donors (Lipinski definition) is 3. The lowest BCUT2D eigenvalue weighted by Crippen LogP contribution is -2.19. The predicted molar refractivity (Wildman–Crippen MR) is 116 cm³/mol. The number of hydrogen-bond acceptors (Lipinski definition) is 6. The molecule has 0 aromatic heterocycles. The first-order chi connectivity index (χ1) is 14.6. The van der Waals surface area contributed by atoms with Crippen LogP contribution in [0.2, 0.25) is 0 Å². The second kappa shape index (κ2) is 10.4. The van der Waals surface area contributed by atoms with E-state index in [1.807, 2.05) is 0 Å². The summed E-state index contributed by atoms with van der Waals surface area (Å²) < 4.78 is 20.5. The maximum absolute atomic E-state index is 14.8. The summed E-state index contributed by atoms with van der Waals surface area (Å²) in [5.41, 5.74) is 2.28. The molecule has 1 heterocycles. The van der Waals surface area contributed by atoms with E-state index in [0.717, 1.165) is 19.3 Å². The summed E-state index contributed by atoms with van der Waals surface area (Å²) in [4.78, 5) is 26.2. The van der Waals surface area contributed by atoms with Gasteiger partial charge in [0.05, 0.1) is 30.6 Å². The number of benzene rings is 2. The van der Waals surface area contributed by atoms with Gasteiger partial charge in [-0.1, -0.05) is 19.8 Å². The molecule has 8 heteroatoms. The van der Waals surface area contributed by atoms with Gasteiger partial charge in [0.1, 0.15) is 17.9 Å². The summed E-state index contributed by atoms with van der Waals surface area (Å²) in [6.45, 7) is 2.67. The van der Waals surface area contributed by atoms with E-state index in [4.69, 9.17) is 4.74 Å². The molecular weight excluding hydrogens is 387 g/mol. The molecule has 2 aromatic carbocycles. The highest BCUT2D eigenvalue weighted by Gasteiger charge is 2.23. The van der Waals surface area contributed by atoms with Crippen molar-refractivity contribution >= 4 is 35.6 Å². The minimum atomic E-state index is -0.606. The molecule has 1 unspecified atom stereocenters. The van der Waals surface area contributed by atoms with Crippen LogP contribution in [0.25, 0.3) is 0 Å². The molecule has 2 aromatic rings. The first-order valence-electron chi connectivity index (χ1n) is 9.95. The second-order valence-electron chi connectivity index (χ2n) is 6.89. The number of aldehydes is 1. The summed E-state index contributed by atoms with van der Waals surface area (Å²) in [5.74, 6) is -0.297. The molecule has 0 fully saturated rings. The Labute approximate surface area is 174 Å². The van der Waals surface area contributed by atoms with Crippen LogP contribution in [0, 0.1) is 5.82 Å². The minimum Gasteiger partial charge on any atom is -0.493 e. The molecule has 0 saturated carbocycles. The molecule has 1 atom stereocenters. The average Bonchev–Trinajstić information content (AvgIpc) is 2.73. The first-order valence-corrected chi connectivity index (χ1v) is 9.95. The Morgan fingerprint density at radius 2 is 2.00 bits per heavy atom. The number of carbonyl (C=O) groups excluding carboxylic acids is 2. The van der Waals surface area contributed by atoms with Crippen molar-refractivity contribution in [1.82, 2.24) is 0 Å². The van der Waals surface area contributed by atoms with Crippen LogP contribution in [0.1, 0.15) is 44.3 Å². The highest BCUT2D eigenvalue weighted by atomic mass is 19.1. The van der Waals surface area contributed by atoms with Crippen molar-refractivity contribution in [2.45, 2.75) is 38.8 Å². The van der Waals surface area contributed by atoms with Crippen LogP contribution in [0.15, 0.2) is 41.4 Å². The number of fused-ring (bicyclic) bond motifs is 1. The largest absolute Gasteiger partial charge is 0.493 e. The van der Waals surface area contributed by atoms with E-state index in [1.165, 1.54) is 12.4 Å². The third-order valence-electron chi connectivity index (χ3n) is 4.58. The average molecular weight is 412 g/mol. The highest BCUT2D eigenvalue weighted by molar-refractivity contribution is 5.98. The Bertz CT molecular complexity index is 915. The standard InChI is InChI=1S/C22H25FN4O3/c1-2-3-4-11-30-17-12-18(23)21-19(13-17)24-14-25-22(21)27-16-7-5-15(6-8-16)26-20(29)9-10-28/h5-8,10,12-14,22,27H,2-4,9,11H2,1H3,(H,24,25)(H,26,29). The molecule has 3 rings (SSSR count). The lowest BCUT2D eigenvalue weighted by molar-refractivity contribution is -0.119. The van der Waals surface area contributed by atoms with Gasteiger partial charge in [-0.25, -0.2) is 9.38 Å². The zero-order chi connectivity index (χ0) is 21.3. The van der Waals surface area contributed by atoms with E-state index in [-0.39, 0.29) is 12.3 Å². The van der Waals surface area contributed by atoms with E-state index < -0.39 is 12.0 Å². The quantitative estimate of drug-likeness (QED) is 0.304. The number of rotatable bonds is 10. The van der Waals surface area contributed by atoms with E-state index in [0.29, 0.717) is 41.3 Å². The fourth-order valence-corrected chi connectivity index (χ4v) is 3.08. The zero-order valence-corrected chi connectivity index (χ0v) is 16.8. The van der Waals surface area contributed by atoms with Gasteiger partial charge in [0.15, 0.2) is 6.17 Å². The van der Waals surface area contributed by atoms with Gasteiger partial charge in [-0.2, -0.15) is 0 Å². The predicted octanol–water partition coefficient (Wildman–Crippen LogP) is 4.49. The van der Waals surface area contributed by atoms with Crippen molar-refractivity contribution in [1.29, 1.82) is 0 Å². The Morgan fingerprint density at radius 3 is 2.73 bits per heavy atom. The number of ether oxygens (including phenoxy) is 1. The summed E-state index contributed by atoms with van der Waals surface area (Å²) >= 11 is 0. The van der Waals surface area contributed by atoms with Gasteiger partial charge in [-0.15, -0.1) is 0 Å². The molecule has 7 nitrogen and oxygen atoms in total. The smallest absolute Gasteiger partial charge is 0.231 e. The van der Waals surface area contributed by atoms with Gasteiger partial charge in [0.25, 0.3) is 0 Å². The van der Waals surface area contributed by atoms with Crippen LogP contribution in [0.5, 0.6) is 5.75 Å². The lowest BCUT2D eigenvalue weighted by atomic mass is 10.1. The fraction of sp³-hybridized carbons (Fsp3) is 0.318. The van der Waals surface area contributed by atoms with Crippen molar-refractivity contribution in [2.24, 2.45) is 4.99 Å². The molecule has 1 aliphatic rings. The number of halogens is 1. The molecule has 0 radical (unpaired) electrons. The van der Waals surface area contributed by atoms with Crippen LogP contribution in [0.3, 0.4) is 0 Å². The van der Waals surface area contributed by atoms with Gasteiger partial charge in [-0.3, -0.25) is 4.79 Å². The molecule has 0 spiro atoms. The molecule has 0 saturated heterocycles. The number of aliphatic imine (C=N–C) groups is 1. The van der Waals surface area contributed by atoms with E-state index in [1.54, 1.807) is 30.3 Å². The Kier molecular flexibility index (Phi) is 7.37. The number of amides is 1. The topological polar surface area (TPSA) is 91.8 Å². The van der Waals surface area contributed by atoms with Gasteiger partial charge in [-0.05, 0) is 30.7 Å². The Morgan fingerprint density at radius 1 is 1.23 bits per heavy atom. The van der Waals surface area contributed by atoms with Crippen LogP contribution in [-0.2, 0) is 9.59 Å². The summed E-state index contributed by atoms with van der Waals surface area (Å²) in [7, 11) is 0. The Hall–Kier alpha value is -3.42. The molecule has 30 heavy (non-hydrogen) atoms. The van der Waals surface area contributed by atoms with Crippen LogP contribution in [0.4, 0.5) is 21.5 Å². The Balaban J connectivity index is 1.68. The van der Waals surface area contributed by atoms with Crippen LogP contribution < -0.4 is 20.7 Å². The van der Waals surface area contributed by atoms with E-state index >= 15 is 0 Å². The van der Waals surface area contributed by atoms with Crippen LogP contribution >= 0.6 is 0 Å². The normalized spacial score (nSPS) is 14.4. The summed E-state index contributed by atoms with van der Waals surface area (Å²) in [5, 5.41) is 8.77. The number of unbranched alkanes of at least 4 members (excludes halogenated alkanes) is 2. The molecular formula is C22H25FN4O3. The van der Waals surface area contributed by atoms with Gasteiger partial charge in [0.2, 0.25) is 5.91 Å². The second-order valence-corrected chi connectivity index (χ2v) is 6.89. The third-order valence-corrected chi connectivity index (χ3v) is 4.58. The molecule has 158 valence electrons. The fourth-order valence-electron chi connectivity index (χ4n) is 3.08. The van der Waals surface area contributed by atoms with Gasteiger partial charge < -0.3 is 25.5 Å². The maximum atomic E-state index is 14.8. The van der Waals surface area contributed by atoms with Crippen molar-refractivity contribution in [3.63, 3.8) is 0 Å². The number of carbonyl (C=O) groups is 2. The minimum absolute atomic E-state index is 0.190. The molecule has 0 bridgehead atoms. The summed E-state index contributed by atoms with van der Waals surface area (Å²) in [6, 6.07) is 10.0. The van der Waals surface area contributed by atoms with Crippen molar-refractivity contribution in [3.05, 3.63) is 47.8 Å². The van der Waals surface area contributed by atoms with E-state index in [9.17, 15) is 14.0 Å². The molecule has 1 amide bonds. The summed E-state index contributed by atoms with van der Waals surface area (Å²) in [6.07, 6.45) is 4.38. The van der Waals surface area contributed by atoms with Gasteiger partial charge >= 0.3 is 0 Å². The number of nitrogens with zero attached hydrogens (tertiary/aromatic N) is 1. The maximum Gasteiger partial charge on any atom is 0.231 e. The SMILES string of the molecule is CCCCCOc1cc(F)c2c(c1)NC=NC2Nc1ccc(NC(=O)CC=O)cc1. The first kappa shape index (κ1) is 21.3. The van der Waals surface area contributed by atoms with Crippen molar-refractivity contribution in [3.8, 4) is 5.75 Å². The monoisotopic (exact) mass is 412 g/mol. The zero-order valence-electron chi connectivity index (χ0n) is 16.8. The van der Waals surface area contributed by atoms with Crippen LogP contribution in [-0.4, -0.2) is 25.1 Å². The third kappa shape index (κ3) is 5.56. The van der Waals surface area contributed by atoms with E-state index in [2.05, 4.69) is 27.9 Å². The van der Waals surface area contributed by atoms with Crippen molar-refractivity contribution in [2.75, 3.05) is 22.6 Å². The number of anilines is 3. The lowest BCUT2D eigenvalue weighted by Gasteiger charge is -2.24. The molecule has 0 aliphatic carbocycles. The van der Waals surface area contributed by atoms with Crippen molar-refractivity contribution < 1.29 is 18.7 Å². The number of nitrogens with one attached hydrogen (secondary N) is 3. The highest BCUT2D eigenvalue weighted by Crippen LogP contribution is 2.35.